The molecule has 0 radical (unpaired) electrons. The summed E-state index contributed by atoms with van der Waals surface area (Å²) < 4.78 is 13.8. The molecule has 4 rings (SSSR count). The Kier molecular flexibility index (Phi) is 4.35. The topological polar surface area (TPSA) is 69.3 Å². The Morgan fingerprint density at radius 1 is 1.00 bits per heavy atom. The largest absolute Gasteiger partial charge is 0.342 e. The molecule has 1 aromatic heterocycles. The summed E-state index contributed by atoms with van der Waals surface area (Å²) in [5, 5.41) is 0. The minimum atomic E-state index is -0.524. The Labute approximate surface area is 155 Å². The Morgan fingerprint density at radius 3 is 2.37 bits per heavy atom. The number of aryl methyl sites for hydroxylation is 1. The van der Waals surface area contributed by atoms with Crippen molar-refractivity contribution in [3.63, 3.8) is 0 Å². The fourth-order valence-electron chi connectivity index (χ4n) is 3.37. The molecule has 1 N–H and O–H groups in total. The number of imidazole rings is 1. The van der Waals surface area contributed by atoms with Gasteiger partial charge in [-0.15, -0.1) is 0 Å². The molecule has 2 heterocycles. The van der Waals surface area contributed by atoms with Crippen LogP contribution in [0.4, 0.5) is 4.39 Å². The predicted molar refractivity (Wildman–Crippen MR) is 99.0 cm³/mol. The summed E-state index contributed by atoms with van der Waals surface area (Å²) in [5.74, 6) is -0.143. The molecule has 27 heavy (non-hydrogen) atoms. The number of nitrogens with one attached hydrogen (secondary N) is 1. The van der Waals surface area contributed by atoms with E-state index in [2.05, 4.69) is 9.97 Å². The van der Waals surface area contributed by atoms with Crippen molar-refractivity contribution in [1.29, 1.82) is 0 Å². The minimum Gasteiger partial charge on any atom is -0.342 e. The molecule has 1 aliphatic heterocycles. The molecule has 138 valence electrons. The van der Waals surface area contributed by atoms with Gasteiger partial charge in [0.05, 0.1) is 16.6 Å². The van der Waals surface area contributed by atoms with Crippen LogP contribution in [0.5, 0.6) is 0 Å². The van der Waals surface area contributed by atoms with E-state index in [0.717, 1.165) is 16.9 Å². The molecule has 0 aliphatic carbocycles. The summed E-state index contributed by atoms with van der Waals surface area (Å²) in [6.45, 7) is 3.46. The zero-order valence-electron chi connectivity index (χ0n) is 14.9. The second-order valence-corrected chi connectivity index (χ2v) is 6.62. The Morgan fingerprint density at radius 2 is 1.67 bits per heavy atom. The summed E-state index contributed by atoms with van der Waals surface area (Å²) in [4.78, 5) is 36.0. The van der Waals surface area contributed by atoms with Crippen molar-refractivity contribution in [3.05, 3.63) is 65.2 Å². The van der Waals surface area contributed by atoms with E-state index in [1.807, 2.05) is 13.0 Å². The fraction of sp³-hybridized carbons (Fsp3) is 0.250. The van der Waals surface area contributed by atoms with Gasteiger partial charge in [0.25, 0.3) is 11.8 Å². The Hall–Kier alpha value is -3.22. The van der Waals surface area contributed by atoms with Gasteiger partial charge in [-0.25, -0.2) is 9.37 Å². The molecule has 0 spiro atoms. The summed E-state index contributed by atoms with van der Waals surface area (Å²) in [7, 11) is 0. The number of aromatic nitrogens is 2. The van der Waals surface area contributed by atoms with Gasteiger partial charge in [-0.1, -0.05) is 12.1 Å². The van der Waals surface area contributed by atoms with Crippen molar-refractivity contribution in [2.45, 2.75) is 6.92 Å². The molecule has 0 saturated carbocycles. The molecule has 0 bridgehead atoms. The van der Waals surface area contributed by atoms with Gasteiger partial charge in [0, 0.05) is 31.7 Å². The summed E-state index contributed by atoms with van der Waals surface area (Å²) in [6, 6.07) is 11.3. The first-order valence-corrected chi connectivity index (χ1v) is 8.82. The summed E-state index contributed by atoms with van der Waals surface area (Å²) in [6.07, 6.45) is 0. The molecule has 7 heteroatoms. The van der Waals surface area contributed by atoms with Gasteiger partial charge in [0.2, 0.25) is 0 Å². The van der Waals surface area contributed by atoms with Gasteiger partial charge in [0.1, 0.15) is 11.6 Å². The highest BCUT2D eigenvalue weighted by Gasteiger charge is 2.26. The van der Waals surface area contributed by atoms with Gasteiger partial charge < -0.3 is 14.8 Å². The Bertz CT molecular complexity index is 1020. The SMILES string of the molecule is Cc1nc2ccc(C(=O)N3CCN(C(=O)c4ccccc4F)CC3)cc2[nH]1. The van der Waals surface area contributed by atoms with E-state index in [0.29, 0.717) is 31.7 Å². The normalized spacial score (nSPS) is 14.6. The van der Waals surface area contributed by atoms with Gasteiger partial charge in [-0.2, -0.15) is 0 Å². The van der Waals surface area contributed by atoms with E-state index >= 15 is 0 Å². The van der Waals surface area contributed by atoms with Gasteiger partial charge in [-0.05, 0) is 37.3 Å². The number of H-pyrrole nitrogens is 1. The lowest BCUT2D eigenvalue weighted by Gasteiger charge is -2.35. The van der Waals surface area contributed by atoms with E-state index in [4.69, 9.17) is 0 Å². The smallest absolute Gasteiger partial charge is 0.256 e. The maximum absolute atomic E-state index is 13.8. The second-order valence-electron chi connectivity index (χ2n) is 6.62. The van der Waals surface area contributed by atoms with Crippen LogP contribution in [-0.4, -0.2) is 57.8 Å². The molecule has 2 aromatic carbocycles. The zero-order valence-corrected chi connectivity index (χ0v) is 14.9. The maximum atomic E-state index is 13.8. The number of fused-ring (bicyclic) bond motifs is 1. The van der Waals surface area contributed by atoms with Crippen LogP contribution >= 0.6 is 0 Å². The highest BCUT2D eigenvalue weighted by atomic mass is 19.1. The number of hydrogen-bond donors (Lipinski definition) is 1. The van der Waals surface area contributed by atoms with Crippen LogP contribution in [-0.2, 0) is 0 Å². The van der Waals surface area contributed by atoms with Crippen LogP contribution in [0.3, 0.4) is 0 Å². The third-order valence-electron chi connectivity index (χ3n) is 4.81. The number of piperazine rings is 1. The molecule has 1 saturated heterocycles. The van der Waals surface area contributed by atoms with Crippen molar-refractivity contribution < 1.29 is 14.0 Å². The van der Waals surface area contributed by atoms with Crippen molar-refractivity contribution >= 4 is 22.8 Å². The van der Waals surface area contributed by atoms with Crippen molar-refractivity contribution in [2.24, 2.45) is 0 Å². The van der Waals surface area contributed by atoms with E-state index in [9.17, 15) is 14.0 Å². The van der Waals surface area contributed by atoms with E-state index in [1.54, 1.807) is 34.1 Å². The molecule has 6 nitrogen and oxygen atoms in total. The average molecular weight is 366 g/mol. The van der Waals surface area contributed by atoms with Crippen LogP contribution in [0.1, 0.15) is 26.5 Å². The summed E-state index contributed by atoms with van der Waals surface area (Å²) >= 11 is 0. The lowest BCUT2D eigenvalue weighted by Crippen LogP contribution is -2.50. The molecule has 1 fully saturated rings. The fourth-order valence-corrected chi connectivity index (χ4v) is 3.37. The van der Waals surface area contributed by atoms with E-state index in [-0.39, 0.29) is 17.4 Å². The molecular formula is C20H19FN4O2. The third kappa shape index (κ3) is 3.28. The average Bonchev–Trinajstić information content (AvgIpc) is 3.06. The molecule has 1 aliphatic rings. The number of hydrogen-bond acceptors (Lipinski definition) is 3. The molecule has 0 unspecified atom stereocenters. The zero-order chi connectivity index (χ0) is 19.0. The third-order valence-corrected chi connectivity index (χ3v) is 4.81. The van der Waals surface area contributed by atoms with Crippen LogP contribution in [0.25, 0.3) is 11.0 Å². The number of amides is 2. The van der Waals surface area contributed by atoms with Crippen LogP contribution in [0.2, 0.25) is 0 Å². The first kappa shape index (κ1) is 17.2. The number of carbonyl (C=O) groups excluding carboxylic acids is 2. The minimum absolute atomic E-state index is 0.0670. The first-order chi connectivity index (χ1) is 13.0. The first-order valence-electron chi connectivity index (χ1n) is 8.82. The van der Waals surface area contributed by atoms with Crippen LogP contribution < -0.4 is 0 Å². The summed E-state index contributed by atoms with van der Waals surface area (Å²) in [5.41, 5.74) is 2.30. The highest BCUT2D eigenvalue weighted by molar-refractivity contribution is 5.98. The van der Waals surface area contributed by atoms with E-state index < -0.39 is 5.82 Å². The molecular weight excluding hydrogens is 347 g/mol. The number of benzene rings is 2. The monoisotopic (exact) mass is 366 g/mol. The highest BCUT2D eigenvalue weighted by Crippen LogP contribution is 2.17. The number of rotatable bonds is 2. The number of aromatic amines is 1. The lowest BCUT2D eigenvalue weighted by atomic mass is 10.1. The molecule has 3 aromatic rings. The van der Waals surface area contributed by atoms with Crippen molar-refractivity contribution in [3.8, 4) is 0 Å². The van der Waals surface area contributed by atoms with Gasteiger partial charge >= 0.3 is 0 Å². The second kappa shape index (κ2) is 6.83. The Balaban J connectivity index is 1.44. The van der Waals surface area contributed by atoms with Crippen LogP contribution in [0, 0.1) is 12.7 Å². The predicted octanol–water partition coefficient (Wildman–Crippen LogP) is 2.61. The van der Waals surface area contributed by atoms with E-state index in [1.165, 1.54) is 12.1 Å². The number of halogens is 1. The standard InChI is InChI=1S/C20H19FN4O2/c1-13-22-17-7-6-14(12-18(17)23-13)19(26)24-8-10-25(11-9-24)20(27)15-4-2-3-5-16(15)21/h2-7,12H,8-11H2,1H3,(H,22,23). The molecule has 2 amide bonds. The van der Waals surface area contributed by atoms with Crippen LogP contribution in [0.15, 0.2) is 42.5 Å². The van der Waals surface area contributed by atoms with Gasteiger partial charge in [0.15, 0.2) is 0 Å². The molecule has 0 atom stereocenters. The lowest BCUT2D eigenvalue weighted by molar-refractivity contribution is 0.0533. The van der Waals surface area contributed by atoms with Gasteiger partial charge in [-0.3, -0.25) is 9.59 Å². The maximum Gasteiger partial charge on any atom is 0.256 e. The number of carbonyl (C=O) groups is 2. The van der Waals surface area contributed by atoms with Crippen molar-refractivity contribution in [2.75, 3.05) is 26.2 Å². The number of nitrogens with zero attached hydrogens (tertiary/aromatic N) is 3. The quantitative estimate of drug-likeness (QED) is 0.758. The van der Waals surface area contributed by atoms with Crippen molar-refractivity contribution in [1.82, 2.24) is 19.8 Å².